The summed E-state index contributed by atoms with van der Waals surface area (Å²) in [5.74, 6) is 0.385. The molecule has 0 aliphatic heterocycles. The van der Waals surface area contributed by atoms with Crippen LogP contribution in [-0.4, -0.2) is 6.54 Å². The quantitative estimate of drug-likeness (QED) is 0.881. The van der Waals surface area contributed by atoms with Crippen LogP contribution in [0.25, 0.3) is 0 Å². The molecule has 1 aromatic carbocycles. The molecule has 0 fully saturated rings. The van der Waals surface area contributed by atoms with Crippen LogP contribution in [0.2, 0.25) is 4.34 Å². The molecule has 1 unspecified atom stereocenters. The van der Waals surface area contributed by atoms with Crippen molar-refractivity contribution in [1.29, 1.82) is 0 Å². The summed E-state index contributed by atoms with van der Waals surface area (Å²) in [5, 5.41) is 0. The highest BCUT2D eigenvalue weighted by molar-refractivity contribution is 7.16. The summed E-state index contributed by atoms with van der Waals surface area (Å²) in [4.78, 5) is 1.30. The predicted octanol–water partition coefficient (Wildman–Crippen LogP) is 3.69. The smallest absolute Gasteiger partial charge is 0.0931 e. The van der Waals surface area contributed by atoms with E-state index >= 15 is 0 Å². The molecular formula is C13H14ClNS. The van der Waals surface area contributed by atoms with Crippen LogP contribution in [0.5, 0.6) is 0 Å². The Morgan fingerprint density at radius 3 is 2.44 bits per heavy atom. The molecule has 0 radical (unpaired) electrons. The lowest BCUT2D eigenvalue weighted by Crippen LogP contribution is -2.14. The second-order valence-corrected chi connectivity index (χ2v) is 5.55. The fourth-order valence-electron chi connectivity index (χ4n) is 1.77. The first-order chi connectivity index (χ1) is 7.79. The van der Waals surface area contributed by atoms with E-state index in [1.54, 1.807) is 11.3 Å². The fourth-order valence-corrected chi connectivity index (χ4v) is 2.93. The molecule has 1 aromatic heterocycles. The normalized spacial score (nSPS) is 12.6. The molecule has 84 valence electrons. The third-order valence-electron chi connectivity index (χ3n) is 2.63. The van der Waals surface area contributed by atoms with Crippen LogP contribution in [0.15, 0.2) is 42.5 Å². The van der Waals surface area contributed by atoms with Crippen LogP contribution < -0.4 is 5.73 Å². The molecule has 0 saturated carbocycles. The molecule has 16 heavy (non-hydrogen) atoms. The minimum atomic E-state index is 0.385. The maximum Gasteiger partial charge on any atom is 0.0931 e. The average molecular weight is 252 g/mol. The number of nitrogens with two attached hydrogens (primary N) is 1. The molecule has 1 atom stereocenters. The lowest BCUT2D eigenvalue weighted by molar-refractivity contribution is 0.701. The Labute approximate surface area is 105 Å². The van der Waals surface area contributed by atoms with E-state index in [2.05, 4.69) is 30.3 Å². The Morgan fingerprint density at radius 2 is 1.88 bits per heavy atom. The summed E-state index contributed by atoms with van der Waals surface area (Å²) >= 11 is 7.56. The van der Waals surface area contributed by atoms with Crippen LogP contribution in [-0.2, 0) is 6.42 Å². The topological polar surface area (TPSA) is 26.0 Å². The van der Waals surface area contributed by atoms with Crippen LogP contribution in [0, 0.1) is 0 Å². The summed E-state index contributed by atoms with van der Waals surface area (Å²) in [6.07, 6.45) is 0.970. The van der Waals surface area contributed by atoms with Gasteiger partial charge in [-0.2, -0.15) is 0 Å². The van der Waals surface area contributed by atoms with Gasteiger partial charge < -0.3 is 5.73 Å². The van der Waals surface area contributed by atoms with Crippen molar-refractivity contribution in [1.82, 2.24) is 0 Å². The molecule has 0 amide bonds. The number of hydrogen-bond donors (Lipinski definition) is 1. The molecule has 2 rings (SSSR count). The highest BCUT2D eigenvalue weighted by Gasteiger charge is 2.11. The van der Waals surface area contributed by atoms with Gasteiger partial charge in [0.1, 0.15) is 0 Å². The van der Waals surface area contributed by atoms with Crippen molar-refractivity contribution in [3.05, 3.63) is 57.2 Å². The van der Waals surface area contributed by atoms with Gasteiger partial charge in [-0.25, -0.2) is 0 Å². The van der Waals surface area contributed by atoms with Crippen molar-refractivity contribution < 1.29 is 0 Å². The average Bonchev–Trinajstić information content (AvgIpc) is 2.73. The third-order valence-corrected chi connectivity index (χ3v) is 3.89. The number of rotatable bonds is 4. The van der Waals surface area contributed by atoms with E-state index in [1.165, 1.54) is 10.4 Å². The van der Waals surface area contributed by atoms with E-state index < -0.39 is 0 Å². The van der Waals surface area contributed by atoms with Gasteiger partial charge in [-0.3, -0.25) is 0 Å². The molecule has 1 nitrogen and oxygen atoms in total. The summed E-state index contributed by atoms with van der Waals surface area (Å²) < 4.78 is 0.846. The Balaban J connectivity index is 2.12. The Hall–Kier alpha value is -0.830. The Morgan fingerprint density at radius 1 is 1.12 bits per heavy atom. The zero-order valence-corrected chi connectivity index (χ0v) is 10.5. The lowest BCUT2D eigenvalue weighted by Gasteiger charge is -2.13. The van der Waals surface area contributed by atoms with Crippen molar-refractivity contribution in [2.75, 3.05) is 6.54 Å². The fraction of sp³-hybridized carbons (Fsp3) is 0.231. The maximum absolute atomic E-state index is 5.92. The van der Waals surface area contributed by atoms with Gasteiger partial charge in [0.25, 0.3) is 0 Å². The highest BCUT2D eigenvalue weighted by Crippen LogP contribution is 2.27. The van der Waals surface area contributed by atoms with Gasteiger partial charge in [-0.1, -0.05) is 41.9 Å². The molecule has 0 aliphatic rings. The van der Waals surface area contributed by atoms with E-state index in [9.17, 15) is 0 Å². The summed E-state index contributed by atoms with van der Waals surface area (Å²) in [6.45, 7) is 0.666. The van der Waals surface area contributed by atoms with Crippen molar-refractivity contribution in [3.8, 4) is 0 Å². The first-order valence-electron chi connectivity index (χ1n) is 5.29. The van der Waals surface area contributed by atoms with E-state index in [-0.39, 0.29) is 0 Å². The first-order valence-corrected chi connectivity index (χ1v) is 6.48. The molecule has 0 saturated heterocycles. The van der Waals surface area contributed by atoms with Crippen molar-refractivity contribution in [2.45, 2.75) is 12.3 Å². The molecule has 1 heterocycles. The van der Waals surface area contributed by atoms with E-state index in [0.717, 1.165) is 10.8 Å². The van der Waals surface area contributed by atoms with Gasteiger partial charge in [0.05, 0.1) is 4.34 Å². The Bertz CT molecular complexity index is 438. The molecular weight excluding hydrogens is 238 g/mol. The van der Waals surface area contributed by atoms with E-state index in [1.807, 2.05) is 12.1 Å². The summed E-state index contributed by atoms with van der Waals surface area (Å²) in [6, 6.07) is 14.4. The SMILES string of the molecule is NCC(Cc1ccc(Cl)s1)c1ccccc1. The second-order valence-electron chi connectivity index (χ2n) is 3.75. The highest BCUT2D eigenvalue weighted by atomic mass is 35.5. The minimum Gasteiger partial charge on any atom is -0.330 e. The number of hydrogen-bond acceptors (Lipinski definition) is 2. The van der Waals surface area contributed by atoms with Crippen molar-refractivity contribution in [2.24, 2.45) is 5.73 Å². The number of benzene rings is 1. The molecule has 0 aliphatic carbocycles. The Kier molecular flexibility index (Phi) is 3.99. The first kappa shape index (κ1) is 11.6. The van der Waals surface area contributed by atoms with Gasteiger partial charge >= 0.3 is 0 Å². The molecule has 3 heteroatoms. The molecule has 0 bridgehead atoms. The minimum absolute atomic E-state index is 0.385. The summed E-state index contributed by atoms with van der Waals surface area (Å²) in [7, 11) is 0. The molecule has 2 N–H and O–H groups in total. The zero-order chi connectivity index (χ0) is 11.4. The summed E-state index contributed by atoms with van der Waals surface area (Å²) in [5.41, 5.74) is 7.13. The van der Waals surface area contributed by atoms with E-state index in [0.29, 0.717) is 12.5 Å². The van der Waals surface area contributed by atoms with E-state index in [4.69, 9.17) is 17.3 Å². The molecule has 2 aromatic rings. The third kappa shape index (κ3) is 2.85. The number of thiophene rings is 1. The van der Waals surface area contributed by atoms with Gasteiger partial charge in [-0.05, 0) is 30.7 Å². The van der Waals surface area contributed by atoms with Crippen molar-refractivity contribution >= 4 is 22.9 Å². The monoisotopic (exact) mass is 251 g/mol. The molecule has 0 spiro atoms. The van der Waals surface area contributed by atoms with Gasteiger partial charge in [-0.15, -0.1) is 11.3 Å². The lowest BCUT2D eigenvalue weighted by atomic mass is 9.95. The van der Waals surface area contributed by atoms with Crippen LogP contribution in [0.3, 0.4) is 0 Å². The zero-order valence-electron chi connectivity index (χ0n) is 8.90. The van der Waals surface area contributed by atoms with Gasteiger partial charge in [0.15, 0.2) is 0 Å². The van der Waals surface area contributed by atoms with Crippen molar-refractivity contribution in [3.63, 3.8) is 0 Å². The standard InChI is InChI=1S/C13H14ClNS/c14-13-7-6-12(16-13)8-11(9-15)10-4-2-1-3-5-10/h1-7,11H,8-9,15H2. The van der Waals surface area contributed by atoms with Gasteiger partial charge in [0, 0.05) is 10.8 Å². The van der Waals surface area contributed by atoms with Crippen LogP contribution >= 0.6 is 22.9 Å². The largest absolute Gasteiger partial charge is 0.330 e. The second kappa shape index (κ2) is 5.48. The van der Waals surface area contributed by atoms with Gasteiger partial charge in [0.2, 0.25) is 0 Å². The maximum atomic E-state index is 5.92. The number of halogens is 1. The van der Waals surface area contributed by atoms with Crippen LogP contribution in [0.1, 0.15) is 16.4 Å². The van der Waals surface area contributed by atoms with Crippen LogP contribution in [0.4, 0.5) is 0 Å². The predicted molar refractivity (Wildman–Crippen MR) is 71.3 cm³/mol.